The fraction of sp³-hybridized carbons (Fsp3) is 0.533. The highest BCUT2D eigenvalue weighted by Gasteiger charge is 2.20. The van der Waals surface area contributed by atoms with Gasteiger partial charge in [-0.2, -0.15) is 0 Å². The smallest absolute Gasteiger partial charge is 0.407 e. The monoisotopic (exact) mass is 328 g/mol. The van der Waals surface area contributed by atoms with Gasteiger partial charge in [0.2, 0.25) is 5.88 Å². The molecule has 0 saturated heterocycles. The first kappa shape index (κ1) is 18.7. The second kappa shape index (κ2) is 7.75. The average Bonchev–Trinajstić information content (AvgIpc) is 2.42. The van der Waals surface area contributed by atoms with E-state index in [9.17, 15) is 14.0 Å². The number of halogens is 1. The zero-order valence-electron chi connectivity index (χ0n) is 13.8. The largest absolute Gasteiger partial charge is 0.475 e. The lowest BCUT2D eigenvalue weighted by Gasteiger charge is -2.22. The summed E-state index contributed by atoms with van der Waals surface area (Å²) in [6.45, 7) is 6.95. The Balaban J connectivity index is 2.64. The van der Waals surface area contributed by atoms with Crippen LogP contribution in [-0.2, 0) is 9.47 Å². The van der Waals surface area contributed by atoms with E-state index in [-0.39, 0.29) is 18.1 Å². The average molecular weight is 328 g/mol. The van der Waals surface area contributed by atoms with Gasteiger partial charge in [0.1, 0.15) is 23.6 Å². The molecule has 1 amide bonds. The van der Waals surface area contributed by atoms with Crippen molar-refractivity contribution in [1.82, 2.24) is 10.3 Å². The van der Waals surface area contributed by atoms with Gasteiger partial charge < -0.3 is 19.5 Å². The molecule has 0 spiro atoms. The molecule has 0 fully saturated rings. The Morgan fingerprint density at radius 1 is 1.39 bits per heavy atom. The van der Waals surface area contributed by atoms with Gasteiger partial charge in [-0.15, -0.1) is 0 Å². The molecule has 7 nitrogen and oxygen atoms in total. The lowest BCUT2D eigenvalue weighted by atomic mass is 10.2. The normalized spacial score (nSPS) is 12.3. The van der Waals surface area contributed by atoms with Crippen molar-refractivity contribution in [2.24, 2.45) is 0 Å². The maximum Gasteiger partial charge on any atom is 0.407 e. The highest BCUT2D eigenvalue weighted by molar-refractivity contribution is 5.91. The van der Waals surface area contributed by atoms with Crippen LogP contribution in [0.25, 0.3) is 0 Å². The molecule has 0 aliphatic rings. The van der Waals surface area contributed by atoms with Crippen LogP contribution in [0.2, 0.25) is 0 Å². The number of hydrogen-bond acceptors (Lipinski definition) is 6. The molecule has 0 radical (unpaired) electrons. The number of nitrogens with zero attached hydrogens (tertiary/aromatic N) is 1. The van der Waals surface area contributed by atoms with Gasteiger partial charge in [0, 0.05) is 0 Å². The number of alkyl carbamates (subject to hydrolysis) is 1. The Hall–Kier alpha value is -2.38. The third-order valence-electron chi connectivity index (χ3n) is 2.46. The van der Waals surface area contributed by atoms with Crippen molar-refractivity contribution in [2.75, 3.05) is 13.7 Å². The predicted octanol–water partition coefficient (Wildman–Crippen LogP) is 2.30. The molecule has 1 atom stereocenters. The number of aromatic nitrogens is 1. The van der Waals surface area contributed by atoms with Crippen LogP contribution >= 0.6 is 0 Å². The molecule has 0 bridgehead atoms. The second-order valence-corrected chi connectivity index (χ2v) is 5.86. The SMILES string of the molecule is COC(=O)c1cc(F)cnc1OC[C@@H](C)NC(=O)OC(C)(C)C. The van der Waals surface area contributed by atoms with Crippen LogP contribution in [0.4, 0.5) is 9.18 Å². The van der Waals surface area contributed by atoms with Crippen LogP contribution in [0.1, 0.15) is 38.1 Å². The molecule has 0 aliphatic carbocycles. The van der Waals surface area contributed by atoms with E-state index in [0.29, 0.717) is 0 Å². The minimum atomic E-state index is -0.764. The van der Waals surface area contributed by atoms with Crippen molar-refractivity contribution in [2.45, 2.75) is 39.3 Å². The number of hydrogen-bond donors (Lipinski definition) is 1. The van der Waals surface area contributed by atoms with Gasteiger partial charge in [-0.05, 0) is 33.8 Å². The number of nitrogens with one attached hydrogen (secondary N) is 1. The maximum absolute atomic E-state index is 13.2. The summed E-state index contributed by atoms with van der Waals surface area (Å²) in [5, 5.41) is 2.58. The number of methoxy groups -OCH3 is 1. The number of carbonyl (C=O) groups excluding carboxylic acids is 2. The first-order chi connectivity index (χ1) is 10.6. The number of esters is 1. The van der Waals surface area contributed by atoms with Crippen LogP contribution in [0.5, 0.6) is 5.88 Å². The fourth-order valence-electron chi connectivity index (χ4n) is 1.55. The molecule has 0 aromatic carbocycles. The number of rotatable bonds is 5. The van der Waals surface area contributed by atoms with E-state index in [1.165, 1.54) is 7.11 Å². The van der Waals surface area contributed by atoms with Crippen molar-refractivity contribution in [3.05, 3.63) is 23.6 Å². The van der Waals surface area contributed by atoms with Gasteiger partial charge in [-0.1, -0.05) is 0 Å². The van der Waals surface area contributed by atoms with Gasteiger partial charge >= 0.3 is 12.1 Å². The van der Waals surface area contributed by atoms with Crippen LogP contribution in [0.15, 0.2) is 12.3 Å². The van der Waals surface area contributed by atoms with E-state index < -0.39 is 29.5 Å². The first-order valence-electron chi connectivity index (χ1n) is 6.98. The molecule has 1 rings (SSSR count). The number of carbonyl (C=O) groups is 2. The Morgan fingerprint density at radius 3 is 2.61 bits per heavy atom. The summed E-state index contributed by atoms with van der Waals surface area (Å²) in [6.07, 6.45) is 0.335. The highest BCUT2D eigenvalue weighted by Crippen LogP contribution is 2.17. The van der Waals surface area contributed by atoms with E-state index >= 15 is 0 Å². The van der Waals surface area contributed by atoms with Crippen molar-refractivity contribution < 1.29 is 28.2 Å². The van der Waals surface area contributed by atoms with Crippen molar-refractivity contribution >= 4 is 12.1 Å². The predicted molar refractivity (Wildman–Crippen MR) is 79.9 cm³/mol. The molecule has 23 heavy (non-hydrogen) atoms. The molecular formula is C15H21FN2O5. The van der Waals surface area contributed by atoms with Crippen LogP contribution in [-0.4, -0.2) is 42.4 Å². The summed E-state index contributed by atoms with van der Waals surface area (Å²) in [7, 11) is 1.17. The fourth-order valence-corrected chi connectivity index (χ4v) is 1.55. The Labute approximate surface area is 134 Å². The minimum Gasteiger partial charge on any atom is -0.475 e. The summed E-state index contributed by atoms with van der Waals surface area (Å²) in [5.41, 5.74) is -0.738. The summed E-state index contributed by atoms with van der Waals surface area (Å²) in [6, 6.07) is 0.558. The molecule has 0 aliphatic heterocycles. The molecule has 0 saturated carbocycles. The maximum atomic E-state index is 13.2. The third-order valence-corrected chi connectivity index (χ3v) is 2.46. The Morgan fingerprint density at radius 2 is 2.04 bits per heavy atom. The number of amides is 1. The summed E-state index contributed by atoms with van der Waals surface area (Å²) in [5.74, 6) is -1.52. The van der Waals surface area contributed by atoms with Crippen LogP contribution < -0.4 is 10.1 Å². The summed E-state index contributed by atoms with van der Waals surface area (Å²) < 4.78 is 28.2. The minimum absolute atomic E-state index is 0.0157. The van der Waals surface area contributed by atoms with Gasteiger partial charge in [-0.25, -0.2) is 19.0 Å². The number of ether oxygens (including phenoxy) is 3. The summed E-state index contributed by atoms with van der Waals surface area (Å²) in [4.78, 5) is 26.9. The highest BCUT2D eigenvalue weighted by atomic mass is 19.1. The molecule has 1 aromatic rings. The van der Waals surface area contributed by atoms with Crippen molar-refractivity contribution in [3.8, 4) is 5.88 Å². The van der Waals surface area contributed by atoms with Gasteiger partial charge in [0.05, 0.1) is 19.3 Å². The van der Waals surface area contributed by atoms with Gasteiger partial charge in [0.25, 0.3) is 0 Å². The Bertz CT molecular complexity index is 571. The van der Waals surface area contributed by atoms with Crippen LogP contribution in [0.3, 0.4) is 0 Å². The van der Waals surface area contributed by atoms with Crippen molar-refractivity contribution in [3.63, 3.8) is 0 Å². The molecule has 1 aromatic heterocycles. The topological polar surface area (TPSA) is 86.8 Å². The van der Waals surface area contributed by atoms with Crippen molar-refractivity contribution in [1.29, 1.82) is 0 Å². The van der Waals surface area contributed by atoms with E-state index in [4.69, 9.17) is 9.47 Å². The number of pyridine rings is 1. The second-order valence-electron chi connectivity index (χ2n) is 5.86. The van der Waals surface area contributed by atoms with E-state index in [1.807, 2.05) is 0 Å². The van der Waals surface area contributed by atoms with E-state index in [2.05, 4.69) is 15.0 Å². The molecule has 0 unspecified atom stereocenters. The lowest BCUT2D eigenvalue weighted by molar-refractivity contribution is 0.0488. The molecule has 1 heterocycles. The van der Waals surface area contributed by atoms with E-state index in [1.54, 1.807) is 27.7 Å². The third kappa shape index (κ3) is 6.50. The summed E-state index contributed by atoms with van der Waals surface area (Å²) >= 11 is 0. The van der Waals surface area contributed by atoms with Crippen LogP contribution in [0, 0.1) is 5.82 Å². The first-order valence-corrected chi connectivity index (χ1v) is 6.98. The molecule has 128 valence electrons. The Kier molecular flexibility index (Phi) is 6.29. The molecule has 8 heteroatoms. The zero-order valence-corrected chi connectivity index (χ0v) is 13.8. The standard InChI is InChI=1S/C15H21FN2O5/c1-9(18-14(20)23-15(2,3)4)8-22-12-11(13(19)21-5)6-10(16)7-17-12/h6-7,9H,8H2,1-5H3,(H,18,20)/t9-/m1/s1. The van der Waals surface area contributed by atoms with Gasteiger partial charge in [-0.3, -0.25) is 0 Å². The molecular weight excluding hydrogens is 307 g/mol. The van der Waals surface area contributed by atoms with Gasteiger partial charge in [0.15, 0.2) is 0 Å². The lowest BCUT2D eigenvalue weighted by Crippen LogP contribution is -2.40. The quantitative estimate of drug-likeness (QED) is 0.835. The zero-order chi connectivity index (χ0) is 17.6. The molecule has 1 N–H and O–H groups in total. The van der Waals surface area contributed by atoms with E-state index in [0.717, 1.165) is 12.3 Å².